The molecule has 0 amide bonds. The zero-order valence-corrected chi connectivity index (χ0v) is 13.1. The van der Waals surface area contributed by atoms with Crippen molar-refractivity contribution in [3.8, 4) is 0 Å². The van der Waals surface area contributed by atoms with E-state index in [1.165, 1.54) is 0 Å². The van der Waals surface area contributed by atoms with E-state index in [0.29, 0.717) is 12.5 Å². The number of alkyl halides is 4. The average molecular weight is 344 g/mol. The van der Waals surface area contributed by atoms with Crippen molar-refractivity contribution in [1.82, 2.24) is 4.31 Å². The topological polar surface area (TPSA) is 37.4 Å². The lowest BCUT2D eigenvalue weighted by Gasteiger charge is -2.21. The van der Waals surface area contributed by atoms with Crippen LogP contribution < -0.4 is 0 Å². The first kappa shape index (κ1) is 18.3. The van der Waals surface area contributed by atoms with Gasteiger partial charge in [-0.15, -0.1) is 11.6 Å². The SMILES string of the molecule is CCCCN(CCCl)S(=O)(=O)c1cccc(C(F)(F)F)c1. The van der Waals surface area contributed by atoms with Gasteiger partial charge in [0.2, 0.25) is 10.0 Å². The Hall–Kier alpha value is -0.790. The molecule has 0 unspecified atom stereocenters. The molecule has 1 aromatic rings. The molecule has 1 aromatic carbocycles. The van der Waals surface area contributed by atoms with E-state index >= 15 is 0 Å². The van der Waals surface area contributed by atoms with Crippen LogP contribution >= 0.6 is 11.6 Å². The van der Waals surface area contributed by atoms with Crippen LogP contribution in [0.25, 0.3) is 0 Å². The molecule has 8 heteroatoms. The minimum atomic E-state index is -4.58. The molecular formula is C13H17ClF3NO2S. The molecule has 0 saturated carbocycles. The fourth-order valence-corrected chi connectivity index (χ4v) is 3.59. The number of halogens is 4. The average Bonchev–Trinajstić information content (AvgIpc) is 2.42. The summed E-state index contributed by atoms with van der Waals surface area (Å²) in [5.41, 5.74) is -0.982. The lowest BCUT2D eigenvalue weighted by molar-refractivity contribution is -0.137. The third kappa shape index (κ3) is 4.86. The predicted molar refractivity (Wildman–Crippen MR) is 75.8 cm³/mol. The van der Waals surface area contributed by atoms with E-state index in [9.17, 15) is 21.6 Å². The Kier molecular flexibility index (Phi) is 6.49. The number of benzene rings is 1. The normalized spacial score (nSPS) is 12.9. The molecule has 0 spiro atoms. The maximum absolute atomic E-state index is 12.7. The second-order valence-corrected chi connectivity index (χ2v) is 6.79. The van der Waals surface area contributed by atoms with Crippen molar-refractivity contribution in [2.45, 2.75) is 30.8 Å². The van der Waals surface area contributed by atoms with E-state index in [0.717, 1.165) is 28.9 Å². The Bertz CT molecular complexity index is 561. The highest BCUT2D eigenvalue weighted by Crippen LogP contribution is 2.31. The van der Waals surface area contributed by atoms with Crippen LogP contribution in [0.15, 0.2) is 29.2 Å². The first-order valence-corrected chi connectivity index (χ1v) is 8.44. The molecular weight excluding hydrogens is 327 g/mol. The van der Waals surface area contributed by atoms with Crippen molar-refractivity contribution < 1.29 is 21.6 Å². The zero-order chi connectivity index (χ0) is 16.1. The first-order chi connectivity index (χ1) is 9.73. The maximum atomic E-state index is 12.7. The van der Waals surface area contributed by atoms with Gasteiger partial charge < -0.3 is 0 Å². The van der Waals surface area contributed by atoms with Gasteiger partial charge in [-0.3, -0.25) is 0 Å². The molecule has 0 N–H and O–H groups in total. The molecule has 1 rings (SSSR count). The number of hydrogen-bond donors (Lipinski definition) is 0. The van der Waals surface area contributed by atoms with E-state index < -0.39 is 21.8 Å². The lowest BCUT2D eigenvalue weighted by atomic mass is 10.2. The quantitative estimate of drug-likeness (QED) is 0.707. The summed E-state index contributed by atoms with van der Waals surface area (Å²) in [7, 11) is -3.97. The molecule has 0 aliphatic rings. The number of hydrogen-bond acceptors (Lipinski definition) is 2. The van der Waals surface area contributed by atoms with Crippen molar-refractivity contribution in [1.29, 1.82) is 0 Å². The predicted octanol–water partition coefficient (Wildman–Crippen LogP) is 3.74. The van der Waals surface area contributed by atoms with Crippen LogP contribution in [0.3, 0.4) is 0 Å². The highest BCUT2D eigenvalue weighted by atomic mass is 35.5. The second-order valence-electron chi connectivity index (χ2n) is 4.47. The molecule has 0 bridgehead atoms. The van der Waals surface area contributed by atoms with Gasteiger partial charge in [-0.25, -0.2) is 8.42 Å². The summed E-state index contributed by atoms with van der Waals surface area (Å²) in [4.78, 5) is -0.362. The largest absolute Gasteiger partial charge is 0.416 e. The zero-order valence-electron chi connectivity index (χ0n) is 11.5. The molecule has 0 atom stereocenters. The Morgan fingerprint density at radius 1 is 1.24 bits per heavy atom. The number of unbranched alkanes of at least 4 members (excludes halogenated alkanes) is 1. The molecule has 0 aliphatic carbocycles. The van der Waals surface area contributed by atoms with Crippen LogP contribution in [0.5, 0.6) is 0 Å². The highest BCUT2D eigenvalue weighted by molar-refractivity contribution is 7.89. The Balaban J connectivity index is 3.15. The maximum Gasteiger partial charge on any atom is 0.416 e. The standard InChI is InChI=1S/C13H17ClF3NO2S/c1-2-3-8-18(9-7-14)21(19,20)12-6-4-5-11(10-12)13(15,16)17/h4-6,10H,2-3,7-9H2,1H3. The minimum Gasteiger partial charge on any atom is -0.207 e. The smallest absolute Gasteiger partial charge is 0.207 e. The summed E-state index contributed by atoms with van der Waals surface area (Å²) >= 11 is 5.59. The van der Waals surface area contributed by atoms with Crippen LogP contribution in [0.1, 0.15) is 25.3 Å². The van der Waals surface area contributed by atoms with Gasteiger partial charge >= 0.3 is 6.18 Å². The lowest BCUT2D eigenvalue weighted by Crippen LogP contribution is -2.33. The van der Waals surface area contributed by atoms with Gasteiger partial charge in [0.05, 0.1) is 10.5 Å². The summed E-state index contributed by atoms with van der Waals surface area (Å²) in [5, 5.41) is 0. The minimum absolute atomic E-state index is 0.0696. The van der Waals surface area contributed by atoms with Crippen LogP contribution in [-0.2, 0) is 16.2 Å². The van der Waals surface area contributed by atoms with Gasteiger partial charge in [0, 0.05) is 19.0 Å². The summed E-state index contributed by atoms with van der Waals surface area (Å²) in [5.74, 6) is 0.0852. The molecule has 120 valence electrons. The van der Waals surface area contributed by atoms with E-state index in [1.54, 1.807) is 0 Å². The molecule has 0 radical (unpaired) electrons. The molecule has 0 aliphatic heterocycles. The van der Waals surface area contributed by atoms with Crippen LogP contribution in [-0.4, -0.2) is 31.7 Å². The van der Waals surface area contributed by atoms with Crippen molar-refractivity contribution in [2.24, 2.45) is 0 Å². The van der Waals surface area contributed by atoms with Gasteiger partial charge in [-0.1, -0.05) is 19.4 Å². The summed E-state index contributed by atoms with van der Waals surface area (Å²) in [6.07, 6.45) is -3.18. The fourth-order valence-electron chi connectivity index (χ4n) is 1.76. The highest BCUT2D eigenvalue weighted by Gasteiger charge is 2.32. The first-order valence-electron chi connectivity index (χ1n) is 6.47. The van der Waals surface area contributed by atoms with Gasteiger partial charge in [-0.05, 0) is 24.6 Å². The second kappa shape index (κ2) is 7.47. The van der Waals surface area contributed by atoms with E-state index in [1.807, 2.05) is 6.92 Å². The Labute approximate surface area is 127 Å². The van der Waals surface area contributed by atoms with Crippen molar-refractivity contribution in [3.63, 3.8) is 0 Å². The van der Waals surface area contributed by atoms with Crippen LogP contribution in [0.2, 0.25) is 0 Å². The van der Waals surface area contributed by atoms with E-state index in [-0.39, 0.29) is 23.9 Å². The van der Waals surface area contributed by atoms with Crippen molar-refractivity contribution in [3.05, 3.63) is 29.8 Å². The molecule has 0 heterocycles. The summed E-state index contributed by atoms with van der Waals surface area (Å²) in [6, 6.07) is 3.76. The van der Waals surface area contributed by atoms with E-state index in [4.69, 9.17) is 11.6 Å². The summed E-state index contributed by atoms with van der Waals surface area (Å²) < 4.78 is 64.0. The van der Waals surface area contributed by atoms with Crippen LogP contribution in [0, 0.1) is 0 Å². The third-order valence-electron chi connectivity index (χ3n) is 2.89. The van der Waals surface area contributed by atoms with Gasteiger partial charge in [0.1, 0.15) is 0 Å². The Morgan fingerprint density at radius 2 is 1.90 bits per heavy atom. The molecule has 0 aromatic heterocycles. The van der Waals surface area contributed by atoms with Crippen LogP contribution in [0.4, 0.5) is 13.2 Å². The fraction of sp³-hybridized carbons (Fsp3) is 0.538. The van der Waals surface area contributed by atoms with Crippen molar-refractivity contribution >= 4 is 21.6 Å². The monoisotopic (exact) mass is 343 g/mol. The number of sulfonamides is 1. The van der Waals surface area contributed by atoms with Gasteiger partial charge in [-0.2, -0.15) is 17.5 Å². The van der Waals surface area contributed by atoms with Gasteiger partial charge in [0.15, 0.2) is 0 Å². The van der Waals surface area contributed by atoms with E-state index in [2.05, 4.69) is 0 Å². The molecule has 21 heavy (non-hydrogen) atoms. The molecule has 0 saturated heterocycles. The molecule has 3 nitrogen and oxygen atoms in total. The third-order valence-corrected chi connectivity index (χ3v) is 4.96. The number of rotatable bonds is 7. The Morgan fingerprint density at radius 3 is 2.43 bits per heavy atom. The van der Waals surface area contributed by atoms with Crippen molar-refractivity contribution in [2.75, 3.05) is 19.0 Å². The number of nitrogens with zero attached hydrogens (tertiary/aromatic N) is 1. The summed E-state index contributed by atoms with van der Waals surface area (Å²) in [6.45, 7) is 2.21. The molecule has 0 fully saturated rings. The van der Waals surface area contributed by atoms with Gasteiger partial charge in [0.25, 0.3) is 0 Å².